The van der Waals surface area contributed by atoms with Crippen LogP contribution in [0.15, 0.2) is 53.0 Å². The number of benzene rings is 2. The summed E-state index contributed by atoms with van der Waals surface area (Å²) >= 11 is 8.73. The van der Waals surface area contributed by atoms with Gasteiger partial charge in [-0.25, -0.2) is 0 Å². The summed E-state index contributed by atoms with van der Waals surface area (Å²) < 4.78 is 11.2. The molecule has 0 heterocycles. The van der Waals surface area contributed by atoms with Crippen molar-refractivity contribution in [2.75, 3.05) is 20.3 Å². The molecular weight excluding hydrogens is 428 g/mol. The highest BCUT2D eigenvalue weighted by molar-refractivity contribution is 9.10. The highest BCUT2D eigenvalue weighted by atomic mass is 79.9. The SMILES string of the molecule is CCC(NC(=S)NC(=O)c1ccc(OCCOC)c(Br)c1)c1ccccc1. The fourth-order valence-corrected chi connectivity index (χ4v) is 3.20. The van der Waals surface area contributed by atoms with E-state index in [1.54, 1.807) is 25.3 Å². The number of thiocarbonyl (C=S) groups is 1. The van der Waals surface area contributed by atoms with Crippen LogP contribution in [0.2, 0.25) is 0 Å². The van der Waals surface area contributed by atoms with Gasteiger partial charge in [0.05, 0.1) is 17.1 Å². The van der Waals surface area contributed by atoms with Gasteiger partial charge in [-0.15, -0.1) is 0 Å². The van der Waals surface area contributed by atoms with Crippen molar-refractivity contribution in [1.29, 1.82) is 0 Å². The molecule has 7 heteroatoms. The Kier molecular flexibility index (Phi) is 8.71. The normalized spacial score (nSPS) is 11.5. The first kappa shape index (κ1) is 21.3. The molecule has 5 nitrogen and oxygen atoms in total. The van der Waals surface area contributed by atoms with Crippen LogP contribution >= 0.6 is 28.1 Å². The van der Waals surface area contributed by atoms with Crippen LogP contribution in [0.3, 0.4) is 0 Å². The van der Waals surface area contributed by atoms with Crippen molar-refractivity contribution in [2.24, 2.45) is 0 Å². The third-order valence-corrected chi connectivity index (χ3v) is 4.72. The summed E-state index contributed by atoms with van der Waals surface area (Å²) in [5, 5.41) is 6.22. The number of hydrogen-bond acceptors (Lipinski definition) is 4. The minimum atomic E-state index is -0.278. The summed E-state index contributed by atoms with van der Waals surface area (Å²) in [5.74, 6) is 0.374. The highest BCUT2D eigenvalue weighted by Gasteiger charge is 2.14. The summed E-state index contributed by atoms with van der Waals surface area (Å²) in [5.41, 5.74) is 1.61. The monoisotopic (exact) mass is 450 g/mol. The minimum absolute atomic E-state index is 0.0438. The molecule has 0 bridgehead atoms. The highest BCUT2D eigenvalue weighted by Crippen LogP contribution is 2.26. The fraction of sp³-hybridized carbons (Fsp3) is 0.300. The standard InChI is InChI=1S/C20H23BrN2O3S/c1-3-17(14-7-5-4-6-8-14)22-20(27)23-19(24)15-9-10-18(16(21)13-15)26-12-11-25-2/h4-10,13,17H,3,11-12H2,1-2H3,(H2,22,23,24,27). The third kappa shape index (κ3) is 6.61. The Morgan fingerprint density at radius 3 is 2.56 bits per heavy atom. The van der Waals surface area contributed by atoms with Crippen molar-refractivity contribution in [3.8, 4) is 5.75 Å². The number of methoxy groups -OCH3 is 1. The van der Waals surface area contributed by atoms with E-state index in [1.165, 1.54) is 0 Å². The first-order valence-electron chi connectivity index (χ1n) is 8.63. The number of ether oxygens (including phenoxy) is 2. The Balaban J connectivity index is 1.95. The number of hydrogen-bond donors (Lipinski definition) is 2. The maximum absolute atomic E-state index is 12.5. The molecule has 0 saturated carbocycles. The summed E-state index contributed by atoms with van der Waals surface area (Å²) in [7, 11) is 1.61. The van der Waals surface area contributed by atoms with E-state index in [0.717, 1.165) is 12.0 Å². The summed E-state index contributed by atoms with van der Waals surface area (Å²) in [6, 6.07) is 15.2. The molecular formula is C20H23BrN2O3S. The van der Waals surface area contributed by atoms with E-state index in [4.69, 9.17) is 21.7 Å². The summed E-state index contributed by atoms with van der Waals surface area (Å²) in [6.07, 6.45) is 0.846. The lowest BCUT2D eigenvalue weighted by atomic mass is 10.1. The Morgan fingerprint density at radius 1 is 1.19 bits per heavy atom. The molecule has 2 N–H and O–H groups in total. The number of carbonyl (C=O) groups excluding carboxylic acids is 1. The van der Waals surface area contributed by atoms with E-state index in [0.29, 0.717) is 34.1 Å². The largest absolute Gasteiger partial charge is 0.490 e. The van der Waals surface area contributed by atoms with Crippen molar-refractivity contribution in [3.05, 3.63) is 64.1 Å². The van der Waals surface area contributed by atoms with Gasteiger partial charge in [0.1, 0.15) is 12.4 Å². The van der Waals surface area contributed by atoms with E-state index in [2.05, 4.69) is 33.5 Å². The molecule has 0 aliphatic carbocycles. The average molecular weight is 451 g/mol. The summed E-state index contributed by atoms with van der Waals surface area (Å²) in [4.78, 5) is 12.5. The van der Waals surface area contributed by atoms with Crippen molar-refractivity contribution in [1.82, 2.24) is 10.6 Å². The zero-order valence-corrected chi connectivity index (χ0v) is 17.7. The second kappa shape index (κ2) is 11.0. The topological polar surface area (TPSA) is 59.6 Å². The molecule has 1 unspecified atom stereocenters. The van der Waals surface area contributed by atoms with Crippen LogP contribution in [0.1, 0.15) is 35.3 Å². The van der Waals surface area contributed by atoms with Crippen LogP contribution in [-0.2, 0) is 4.74 Å². The molecule has 2 rings (SSSR count). The number of amides is 1. The maximum atomic E-state index is 12.5. The zero-order chi connectivity index (χ0) is 19.6. The fourth-order valence-electron chi connectivity index (χ4n) is 2.47. The van der Waals surface area contributed by atoms with Gasteiger partial charge in [0.15, 0.2) is 5.11 Å². The van der Waals surface area contributed by atoms with E-state index in [-0.39, 0.29) is 11.9 Å². The molecule has 0 radical (unpaired) electrons. The van der Waals surface area contributed by atoms with Crippen LogP contribution in [0, 0.1) is 0 Å². The molecule has 144 valence electrons. The third-order valence-electron chi connectivity index (χ3n) is 3.88. The molecule has 0 aliphatic rings. The Hall–Kier alpha value is -1.96. The maximum Gasteiger partial charge on any atom is 0.257 e. The van der Waals surface area contributed by atoms with E-state index in [1.807, 2.05) is 30.3 Å². The van der Waals surface area contributed by atoms with Gasteiger partial charge in [0, 0.05) is 12.7 Å². The quantitative estimate of drug-likeness (QED) is 0.465. The van der Waals surface area contributed by atoms with Gasteiger partial charge in [-0.2, -0.15) is 0 Å². The molecule has 0 spiro atoms. The average Bonchev–Trinajstić information content (AvgIpc) is 2.68. The lowest BCUT2D eigenvalue weighted by Gasteiger charge is -2.19. The van der Waals surface area contributed by atoms with Gasteiger partial charge in [-0.1, -0.05) is 37.3 Å². The van der Waals surface area contributed by atoms with Gasteiger partial charge in [-0.3, -0.25) is 10.1 Å². The van der Waals surface area contributed by atoms with Gasteiger partial charge in [0.25, 0.3) is 5.91 Å². The Labute approximate surface area is 173 Å². The van der Waals surface area contributed by atoms with Crippen molar-refractivity contribution < 1.29 is 14.3 Å². The Bertz CT molecular complexity index is 771. The second-order valence-electron chi connectivity index (χ2n) is 5.79. The first-order valence-corrected chi connectivity index (χ1v) is 9.83. The molecule has 2 aromatic rings. The Morgan fingerprint density at radius 2 is 1.93 bits per heavy atom. The van der Waals surface area contributed by atoms with E-state index >= 15 is 0 Å². The van der Waals surface area contributed by atoms with Crippen LogP contribution in [0.4, 0.5) is 0 Å². The molecule has 0 saturated heterocycles. The molecule has 27 heavy (non-hydrogen) atoms. The van der Waals surface area contributed by atoms with Crippen LogP contribution in [0.5, 0.6) is 5.75 Å². The van der Waals surface area contributed by atoms with E-state index in [9.17, 15) is 4.79 Å². The van der Waals surface area contributed by atoms with E-state index < -0.39 is 0 Å². The second-order valence-corrected chi connectivity index (χ2v) is 7.05. The van der Waals surface area contributed by atoms with Crippen LogP contribution < -0.4 is 15.4 Å². The lowest BCUT2D eigenvalue weighted by molar-refractivity contribution is 0.0976. The van der Waals surface area contributed by atoms with Gasteiger partial charge in [-0.05, 0) is 58.3 Å². The predicted octanol–water partition coefficient (Wildman–Crippen LogP) is 4.23. The number of carbonyl (C=O) groups is 1. The number of rotatable bonds is 8. The van der Waals surface area contributed by atoms with Crippen molar-refractivity contribution in [3.63, 3.8) is 0 Å². The zero-order valence-electron chi connectivity index (χ0n) is 15.3. The predicted molar refractivity (Wildman–Crippen MR) is 114 cm³/mol. The lowest BCUT2D eigenvalue weighted by Crippen LogP contribution is -2.40. The van der Waals surface area contributed by atoms with Crippen LogP contribution in [-0.4, -0.2) is 31.3 Å². The minimum Gasteiger partial charge on any atom is -0.490 e. The van der Waals surface area contributed by atoms with Crippen LogP contribution in [0.25, 0.3) is 0 Å². The van der Waals surface area contributed by atoms with Crippen molar-refractivity contribution in [2.45, 2.75) is 19.4 Å². The van der Waals surface area contributed by atoms with Gasteiger partial charge in [0.2, 0.25) is 0 Å². The number of halogens is 1. The smallest absolute Gasteiger partial charge is 0.257 e. The molecule has 0 aromatic heterocycles. The molecule has 0 aliphatic heterocycles. The molecule has 0 fully saturated rings. The van der Waals surface area contributed by atoms with Gasteiger partial charge >= 0.3 is 0 Å². The molecule has 2 aromatic carbocycles. The molecule has 1 atom stereocenters. The number of nitrogens with one attached hydrogen (secondary N) is 2. The van der Waals surface area contributed by atoms with Crippen molar-refractivity contribution >= 4 is 39.2 Å². The van der Waals surface area contributed by atoms with Gasteiger partial charge < -0.3 is 14.8 Å². The summed E-state index contributed by atoms with van der Waals surface area (Å²) in [6.45, 7) is 3.00. The first-order chi connectivity index (χ1) is 13.0. The molecule has 1 amide bonds.